The van der Waals surface area contributed by atoms with Gasteiger partial charge in [-0.25, -0.2) is 9.18 Å². The monoisotopic (exact) mass is 453 g/mol. The Morgan fingerprint density at radius 3 is 2.38 bits per heavy atom. The molecule has 10 heteroatoms. The molecule has 2 amide bonds. The van der Waals surface area contributed by atoms with Gasteiger partial charge in [0, 0.05) is 17.4 Å². The van der Waals surface area contributed by atoms with E-state index in [-0.39, 0.29) is 18.5 Å². The minimum absolute atomic E-state index is 0.0282. The molecular weight excluding hydrogens is 430 g/mol. The molecule has 1 aromatic heterocycles. The van der Waals surface area contributed by atoms with Crippen LogP contribution < -0.4 is 5.32 Å². The summed E-state index contributed by atoms with van der Waals surface area (Å²) in [6.07, 6.45) is -5.22. The number of carbonyl (C=O) groups excluding carboxylic acids is 2. The van der Waals surface area contributed by atoms with Gasteiger partial charge in [0.25, 0.3) is 5.91 Å². The fourth-order valence-electron chi connectivity index (χ4n) is 3.17. The Labute approximate surface area is 182 Å². The molecule has 0 bridgehead atoms. The maximum Gasteiger partial charge on any atom is 0.433 e. The van der Waals surface area contributed by atoms with Crippen molar-refractivity contribution in [2.75, 3.05) is 11.9 Å². The Balaban J connectivity index is 1.62. The van der Waals surface area contributed by atoms with Gasteiger partial charge in [0.1, 0.15) is 17.5 Å². The molecule has 32 heavy (non-hydrogen) atoms. The first-order valence-corrected chi connectivity index (χ1v) is 9.91. The van der Waals surface area contributed by atoms with E-state index in [1.807, 2.05) is 0 Å². The van der Waals surface area contributed by atoms with E-state index in [2.05, 4.69) is 10.3 Å². The maximum atomic E-state index is 14.1. The lowest BCUT2D eigenvalue weighted by molar-refractivity contribution is -0.141. The number of hydrogen-bond donors (Lipinski definition) is 1. The highest BCUT2D eigenvalue weighted by Gasteiger charge is 2.44. The van der Waals surface area contributed by atoms with Crippen LogP contribution in [-0.4, -0.2) is 46.2 Å². The van der Waals surface area contributed by atoms with E-state index < -0.39 is 41.7 Å². The molecule has 1 fully saturated rings. The number of anilines is 1. The SMILES string of the molecule is CC(C)(C)OC(=O)N1CC(F)C1Cc1ccc(NC(=O)c2ccnc(C(F)(F)F)c2)cc1. The number of benzene rings is 1. The average Bonchev–Trinajstić information content (AvgIpc) is 2.69. The van der Waals surface area contributed by atoms with Gasteiger partial charge in [0.05, 0.1) is 12.6 Å². The Morgan fingerprint density at radius 2 is 1.81 bits per heavy atom. The molecular formula is C22H23F4N3O3. The summed E-state index contributed by atoms with van der Waals surface area (Å²) in [5.74, 6) is -0.718. The van der Waals surface area contributed by atoms with Crippen LogP contribution >= 0.6 is 0 Å². The molecule has 172 valence electrons. The van der Waals surface area contributed by atoms with Crippen molar-refractivity contribution >= 4 is 17.7 Å². The molecule has 0 spiro atoms. The number of ether oxygens (including phenoxy) is 1. The van der Waals surface area contributed by atoms with Crippen molar-refractivity contribution in [2.45, 2.75) is 51.2 Å². The molecule has 0 aliphatic carbocycles. The normalized spacial score (nSPS) is 18.7. The van der Waals surface area contributed by atoms with Gasteiger partial charge in [-0.2, -0.15) is 13.2 Å². The zero-order valence-corrected chi connectivity index (χ0v) is 17.7. The van der Waals surface area contributed by atoms with Crippen molar-refractivity contribution in [3.63, 3.8) is 0 Å². The minimum Gasteiger partial charge on any atom is -0.444 e. The van der Waals surface area contributed by atoms with Gasteiger partial charge in [0.15, 0.2) is 0 Å². The topological polar surface area (TPSA) is 71.5 Å². The predicted octanol–water partition coefficient (Wildman–Crippen LogP) is 4.85. The molecule has 2 aromatic rings. The van der Waals surface area contributed by atoms with Crippen molar-refractivity contribution in [1.29, 1.82) is 0 Å². The summed E-state index contributed by atoms with van der Waals surface area (Å²) in [5, 5.41) is 2.51. The van der Waals surface area contributed by atoms with Crippen LogP contribution in [0.2, 0.25) is 0 Å². The molecule has 2 heterocycles. The third-order valence-corrected chi connectivity index (χ3v) is 4.79. The molecule has 1 saturated heterocycles. The first-order chi connectivity index (χ1) is 14.8. The first kappa shape index (κ1) is 23.5. The average molecular weight is 453 g/mol. The van der Waals surface area contributed by atoms with E-state index >= 15 is 0 Å². The van der Waals surface area contributed by atoms with Crippen LogP contribution in [0.15, 0.2) is 42.6 Å². The van der Waals surface area contributed by atoms with Crippen LogP contribution in [0.5, 0.6) is 0 Å². The number of likely N-dealkylation sites (tertiary alicyclic amines) is 1. The highest BCUT2D eigenvalue weighted by molar-refractivity contribution is 6.04. The number of amides is 2. The van der Waals surface area contributed by atoms with Crippen molar-refractivity contribution < 1.29 is 31.9 Å². The zero-order chi connectivity index (χ0) is 23.7. The lowest BCUT2D eigenvalue weighted by atomic mass is 9.94. The summed E-state index contributed by atoms with van der Waals surface area (Å²) in [5.41, 5.74) is -0.931. The number of rotatable bonds is 4. The van der Waals surface area contributed by atoms with Crippen molar-refractivity contribution in [3.8, 4) is 0 Å². The smallest absolute Gasteiger partial charge is 0.433 e. The number of carbonyl (C=O) groups is 2. The van der Waals surface area contributed by atoms with Crippen LogP contribution in [0.3, 0.4) is 0 Å². The lowest BCUT2D eigenvalue weighted by Gasteiger charge is -2.44. The second-order valence-electron chi connectivity index (χ2n) is 8.50. The maximum absolute atomic E-state index is 14.1. The highest BCUT2D eigenvalue weighted by atomic mass is 19.4. The van der Waals surface area contributed by atoms with Crippen LogP contribution in [0, 0.1) is 0 Å². The Bertz CT molecular complexity index is 987. The van der Waals surface area contributed by atoms with E-state index in [1.54, 1.807) is 45.0 Å². The third-order valence-electron chi connectivity index (χ3n) is 4.79. The predicted molar refractivity (Wildman–Crippen MR) is 109 cm³/mol. The fourth-order valence-corrected chi connectivity index (χ4v) is 3.17. The molecule has 0 saturated carbocycles. The minimum atomic E-state index is -4.65. The van der Waals surface area contributed by atoms with Gasteiger partial charge in [-0.1, -0.05) is 12.1 Å². The molecule has 1 aliphatic rings. The largest absolute Gasteiger partial charge is 0.444 e. The third kappa shape index (κ3) is 5.74. The molecule has 2 atom stereocenters. The van der Waals surface area contributed by atoms with E-state index in [0.717, 1.165) is 11.8 Å². The number of hydrogen-bond acceptors (Lipinski definition) is 4. The summed E-state index contributed by atoms with van der Waals surface area (Å²) in [4.78, 5) is 29.0. The van der Waals surface area contributed by atoms with Crippen LogP contribution in [0.25, 0.3) is 0 Å². The van der Waals surface area contributed by atoms with Gasteiger partial charge in [-0.15, -0.1) is 0 Å². The molecule has 0 radical (unpaired) electrons. The quantitative estimate of drug-likeness (QED) is 0.672. The van der Waals surface area contributed by atoms with E-state index in [0.29, 0.717) is 11.8 Å². The van der Waals surface area contributed by atoms with E-state index in [1.165, 1.54) is 11.0 Å². The number of alkyl halides is 4. The molecule has 6 nitrogen and oxygen atoms in total. The van der Waals surface area contributed by atoms with Crippen LogP contribution in [-0.2, 0) is 17.3 Å². The molecule has 3 rings (SSSR count). The second kappa shape index (κ2) is 8.76. The van der Waals surface area contributed by atoms with Crippen molar-refractivity contribution in [1.82, 2.24) is 9.88 Å². The summed E-state index contributed by atoms with van der Waals surface area (Å²) < 4.78 is 57.7. The molecule has 2 unspecified atom stereocenters. The number of nitrogens with zero attached hydrogens (tertiary/aromatic N) is 2. The summed E-state index contributed by atoms with van der Waals surface area (Å²) in [6.45, 7) is 5.17. The Hall–Kier alpha value is -3.17. The highest BCUT2D eigenvalue weighted by Crippen LogP contribution is 2.29. The Morgan fingerprint density at radius 1 is 1.16 bits per heavy atom. The van der Waals surface area contributed by atoms with Crippen LogP contribution in [0.4, 0.5) is 28.0 Å². The molecule has 1 aromatic carbocycles. The summed E-state index contributed by atoms with van der Waals surface area (Å²) in [6, 6.07) is 7.63. The zero-order valence-electron chi connectivity index (χ0n) is 17.7. The van der Waals surface area contributed by atoms with E-state index in [9.17, 15) is 27.2 Å². The summed E-state index contributed by atoms with van der Waals surface area (Å²) >= 11 is 0. The molecule has 1 N–H and O–H groups in total. The number of halogens is 4. The standard InChI is InChI=1S/C22H23F4N3O3/c1-21(2,3)32-20(31)29-12-16(23)17(29)10-13-4-6-15(7-5-13)28-19(30)14-8-9-27-18(11-14)22(24,25)26/h4-9,11,16-17H,10,12H2,1-3H3,(H,28,30). The van der Waals surface area contributed by atoms with Gasteiger partial charge >= 0.3 is 12.3 Å². The van der Waals surface area contributed by atoms with E-state index in [4.69, 9.17) is 4.74 Å². The van der Waals surface area contributed by atoms with Gasteiger partial charge < -0.3 is 10.1 Å². The second-order valence-corrected chi connectivity index (χ2v) is 8.50. The van der Waals surface area contributed by atoms with Crippen molar-refractivity contribution in [2.24, 2.45) is 0 Å². The number of nitrogens with one attached hydrogen (secondary N) is 1. The Kier molecular flexibility index (Phi) is 6.43. The lowest BCUT2D eigenvalue weighted by Crippen LogP contribution is -2.62. The number of pyridine rings is 1. The van der Waals surface area contributed by atoms with Gasteiger partial charge in [-0.3, -0.25) is 14.7 Å². The summed E-state index contributed by atoms with van der Waals surface area (Å²) in [7, 11) is 0. The molecule has 1 aliphatic heterocycles. The first-order valence-electron chi connectivity index (χ1n) is 9.91. The van der Waals surface area contributed by atoms with Crippen molar-refractivity contribution in [3.05, 3.63) is 59.4 Å². The fraction of sp³-hybridized carbons (Fsp3) is 0.409. The van der Waals surface area contributed by atoms with Crippen LogP contribution in [0.1, 0.15) is 42.4 Å². The van der Waals surface area contributed by atoms with Gasteiger partial charge in [0.2, 0.25) is 0 Å². The van der Waals surface area contributed by atoms with Gasteiger partial charge in [-0.05, 0) is 57.0 Å². The number of aromatic nitrogens is 1.